The second-order valence-corrected chi connectivity index (χ2v) is 8.36. The summed E-state index contributed by atoms with van der Waals surface area (Å²) >= 11 is 0. The molecule has 1 amide bonds. The Morgan fingerprint density at radius 3 is 2.64 bits per heavy atom. The van der Waals surface area contributed by atoms with Gasteiger partial charge in [-0.2, -0.15) is 5.10 Å². The van der Waals surface area contributed by atoms with Gasteiger partial charge >= 0.3 is 0 Å². The summed E-state index contributed by atoms with van der Waals surface area (Å²) < 4.78 is 1.89. The lowest BCUT2D eigenvalue weighted by atomic mass is 9.89. The van der Waals surface area contributed by atoms with Gasteiger partial charge in [-0.1, -0.05) is 26.2 Å². The van der Waals surface area contributed by atoms with Crippen molar-refractivity contribution in [2.45, 2.75) is 70.9 Å². The molecule has 1 atom stereocenters. The fraction of sp³-hybridized carbons (Fsp3) is 0.800. The van der Waals surface area contributed by atoms with Crippen LogP contribution in [0.5, 0.6) is 0 Å². The first-order chi connectivity index (χ1) is 12.2. The first kappa shape index (κ1) is 17.1. The third-order valence-corrected chi connectivity index (χ3v) is 6.42. The fourth-order valence-electron chi connectivity index (χ4n) is 4.85. The Bertz CT molecular complexity index is 597. The van der Waals surface area contributed by atoms with Gasteiger partial charge in [-0.05, 0) is 43.6 Å². The third-order valence-electron chi connectivity index (χ3n) is 6.42. The second-order valence-electron chi connectivity index (χ2n) is 8.36. The van der Waals surface area contributed by atoms with E-state index in [1.54, 1.807) is 0 Å². The molecule has 1 aromatic heterocycles. The lowest BCUT2D eigenvalue weighted by Crippen LogP contribution is -2.52. The van der Waals surface area contributed by atoms with Crippen molar-refractivity contribution in [3.63, 3.8) is 0 Å². The summed E-state index contributed by atoms with van der Waals surface area (Å²) in [5.41, 5.74) is 2.57. The summed E-state index contributed by atoms with van der Waals surface area (Å²) in [5, 5.41) is 4.67. The number of rotatable bonds is 3. The Hall–Kier alpha value is -1.36. The number of aromatic nitrogens is 2. The number of piperazine rings is 1. The maximum absolute atomic E-state index is 12.7. The standard InChI is InChI=1S/C20H32N4O/c1-16-7-8-19-17(13-16)14-24(21-19)15-20(25)23-11-9-22(10-12-23)18-5-3-2-4-6-18/h14,16,18H,2-13,15H2,1H3. The minimum atomic E-state index is 0.233. The minimum absolute atomic E-state index is 0.233. The number of nitrogens with zero attached hydrogens (tertiary/aromatic N) is 4. The van der Waals surface area contributed by atoms with Crippen molar-refractivity contribution in [3.05, 3.63) is 17.5 Å². The number of hydrogen-bond acceptors (Lipinski definition) is 3. The van der Waals surface area contributed by atoms with Crippen LogP contribution in [0.3, 0.4) is 0 Å². The van der Waals surface area contributed by atoms with E-state index in [0.717, 1.165) is 51.0 Å². The topological polar surface area (TPSA) is 41.4 Å². The highest BCUT2D eigenvalue weighted by Gasteiger charge is 2.27. The van der Waals surface area contributed by atoms with E-state index in [-0.39, 0.29) is 5.91 Å². The van der Waals surface area contributed by atoms with Gasteiger partial charge in [0.25, 0.3) is 0 Å². The maximum atomic E-state index is 12.7. The average Bonchev–Trinajstić information content (AvgIpc) is 3.04. The molecule has 4 rings (SSSR count). The van der Waals surface area contributed by atoms with Crippen LogP contribution in [-0.2, 0) is 24.2 Å². The molecule has 0 bridgehead atoms. The van der Waals surface area contributed by atoms with Crippen molar-refractivity contribution in [1.82, 2.24) is 19.6 Å². The van der Waals surface area contributed by atoms with Gasteiger partial charge < -0.3 is 4.90 Å². The molecule has 0 spiro atoms. The number of carbonyl (C=O) groups is 1. The smallest absolute Gasteiger partial charge is 0.244 e. The van der Waals surface area contributed by atoms with Crippen LogP contribution in [0, 0.1) is 5.92 Å². The normalized spacial score (nSPS) is 25.8. The van der Waals surface area contributed by atoms with Crippen molar-refractivity contribution in [1.29, 1.82) is 0 Å². The van der Waals surface area contributed by atoms with E-state index < -0.39 is 0 Å². The van der Waals surface area contributed by atoms with Gasteiger partial charge in [-0.15, -0.1) is 0 Å². The molecule has 2 fully saturated rings. The van der Waals surface area contributed by atoms with Crippen molar-refractivity contribution in [3.8, 4) is 0 Å². The Kier molecular flexibility index (Phi) is 5.11. The number of aryl methyl sites for hydroxylation is 1. The predicted octanol–water partition coefficient (Wildman–Crippen LogP) is 2.48. The van der Waals surface area contributed by atoms with Crippen LogP contribution in [0.25, 0.3) is 0 Å². The lowest BCUT2D eigenvalue weighted by Gasteiger charge is -2.40. The van der Waals surface area contributed by atoms with Crippen molar-refractivity contribution in [2.24, 2.45) is 5.92 Å². The number of hydrogen-bond donors (Lipinski definition) is 0. The Morgan fingerprint density at radius 2 is 1.88 bits per heavy atom. The zero-order valence-corrected chi connectivity index (χ0v) is 15.6. The number of amides is 1. The van der Waals surface area contributed by atoms with Crippen molar-refractivity contribution in [2.75, 3.05) is 26.2 Å². The summed E-state index contributed by atoms with van der Waals surface area (Å²) in [6, 6.07) is 0.769. The van der Waals surface area contributed by atoms with Crippen LogP contribution in [0.15, 0.2) is 6.20 Å². The molecular formula is C20H32N4O. The van der Waals surface area contributed by atoms with Crippen LogP contribution in [0.1, 0.15) is 56.7 Å². The average molecular weight is 345 g/mol. The Balaban J connectivity index is 1.29. The zero-order chi connectivity index (χ0) is 17.2. The molecule has 0 aromatic carbocycles. The third kappa shape index (κ3) is 3.91. The number of carbonyl (C=O) groups excluding carboxylic acids is 1. The van der Waals surface area contributed by atoms with E-state index in [1.807, 2.05) is 9.58 Å². The molecule has 1 aromatic rings. The first-order valence-corrected chi connectivity index (χ1v) is 10.3. The summed E-state index contributed by atoms with van der Waals surface area (Å²) in [6.07, 6.45) is 12.4. The predicted molar refractivity (Wildman–Crippen MR) is 98.4 cm³/mol. The molecule has 2 aliphatic carbocycles. The molecular weight excluding hydrogens is 312 g/mol. The van der Waals surface area contributed by atoms with E-state index in [2.05, 4.69) is 23.1 Å². The van der Waals surface area contributed by atoms with Crippen LogP contribution >= 0.6 is 0 Å². The molecule has 5 nitrogen and oxygen atoms in total. The summed E-state index contributed by atoms with van der Waals surface area (Å²) in [6.45, 7) is 6.57. The van der Waals surface area contributed by atoms with Crippen LogP contribution in [0.4, 0.5) is 0 Å². The molecule has 138 valence electrons. The van der Waals surface area contributed by atoms with E-state index in [9.17, 15) is 4.79 Å². The zero-order valence-electron chi connectivity index (χ0n) is 15.6. The van der Waals surface area contributed by atoms with Gasteiger partial charge in [0.15, 0.2) is 0 Å². The first-order valence-electron chi connectivity index (χ1n) is 10.3. The maximum Gasteiger partial charge on any atom is 0.244 e. The molecule has 3 aliphatic rings. The van der Waals surface area contributed by atoms with Crippen molar-refractivity contribution >= 4 is 5.91 Å². The van der Waals surface area contributed by atoms with Crippen LogP contribution < -0.4 is 0 Å². The van der Waals surface area contributed by atoms with Gasteiger partial charge in [-0.3, -0.25) is 14.4 Å². The lowest BCUT2D eigenvalue weighted by molar-refractivity contribution is -0.134. The number of fused-ring (bicyclic) bond motifs is 1. The highest BCUT2D eigenvalue weighted by molar-refractivity contribution is 5.76. The van der Waals surface area contributed by atoms with Gasteiger partial charge in [-0.25, -0.2) is 0 Å². The summed E-state index contributed by atoms with van der Waals surface area (Å²) in [5.74, 6) is 0.977. The van der Waals surface area contributed by atoms with E-state index in [1.165, 1.54) is 49.8 Å². The van der Waals surface area contributed by atoms with Crippen molar-refractivity contribution < 1.29 is 4.79 Å². The second kappa shape index (κ2) is 7.48. The van der Waals surface area contributed by atoms with Gasteiger partial charge in [0, 0.05) is 38.4 Å². The quantitative estimate of drug-likeness (QED) is 0.846. The van der Waals surface area contributed by atoms with E-state index >= 15 is 0 Å². The largest absolute Gasteiger partial charge is 0.339 e. The van der Waals surface area contributed by atoms with Crippen LogP contribution in [0.2, 0.25) is 0 Å². The molecule has 1 saturated carbocycles. The highest BCUT2D eigenvalue weighted by atomic mass is 16.2. The SMILES string of the molecule is CC1CCc2nn(CC(=O)N3CCN(C4CCCCC4)CC3)cc2C1. The molecule has 1 saturated heterocycles. The summed E-state index contributed by atoms with van der Waals surface area (Å²) in [7, 11) is 0. The molecule has 2 heterocycles. The summed E-state index contributed by atoms with van der Waals surface area (Å²) in [4.78, 5) is 17.3. The highest BCUT2D eigenvalue weighted by Crippen LogP contribution is 2.25. The van der Waals surface area contributed by atoms with E-state index in [4.69, 9.17) is 0 Å². The molecule has 0 radical (unpaired) electrons. The Morgan fingerprint density at radius 1 is 1.12 bits per heavy atom. The van der Waals surface area contributed by atoms with Crippen LogP contribution in [-0.4, -0.2) is 57.7 Å². The monoisotopic (exact) mass is 344 g/mol. The van der Waals surface area contributed by atoms with E-state index in [0.29, 0.717) is 6.54 Å². The molecule has 5 heteroatoms. The molecule has 1 aliphatic heterocycles. The molecule has 0 N–H and O–H groups in total. The molecule has 1 unspecified atom stereocenters. The van der Waals surface area contributed by atoms with Gasteiger partial charge in [0.05, 0.1) is 5.69 Å². The fourth-order valence-corrected chi connectivity index (χ4v) is 4.85. The van der Waals surface area contributed by atoms with Gasteiger partial charge in [0.2, 0.25) is 5.91 Å². The minimum Gasteiger partial charge on any atom is -0.339 e. The Labute approximate surface area is 151 Å². The van der Waals surface area contributed by atoms with Gasteiger partial charge in [0.1, 0.15) is 6.54 Å². The molecule has 25 heavy (non-hydrogen) atoms.